The molecule has 29 heavy (non-hydrogen) atoms. The van der Waals surface area contributed by atoms with E-state index in [1.54, 1.807) is 0 Å². The molecular weight excluding hydrogens is 404 g/mol. The fourth-order valence-corrected chi connectivity index (χ4v) is 3.20. The Morgan fingerprint density at radius 1 is 1.07 bits per heavy atom. The summed E-state index contributed by atoms with van der Waals surface area (Å²) in [7, 11) is 0. The lowest BCUT2D eigenvalue weighted by Gasteiger charge is -2.23. The zero-order chi connectivity index (χ0) is 21.3. The van der Waals surface area contributed by atoms with Gasteiger partial charge in [0.2, 0.25) is 0 Å². The summed E-state index contributed by atoms with van der Waals surface area (Å²) in [5.41, 5.74) is -0.0873. The van der Waals surface area contributed by atoms with Crippen LogP contribution < -0.4 is 0 Å². The van der Waals surface area contributed by atoms with Gasteiger partial charge in [0.05, 0.1) is 16.5 Å². The van der Waals surface area contributed by atoms with Crippen LogP contribution in [0.5, 0.6) is 0 Å². The second kappa shape index (κ2) is 7.72. The van der Waals surface area contributed by atoms with E-state index in [4.69, 9.17) is 16.7 Å². The number of likely N-dealkylation sites (tertiary alicyclic amines) is 1. The molecule has 1 aliphatic heterocycles. The molecule has 10 heteroatoms. The average molecular weight is 417 g/mol. The number of nitro groups is 1. The van der Waals surface area contributed by atoms with Crippen molar-refractivity contribution in [3.8, 4) is 0 Å². The molecule has 2 N–H and O–H groups in total. The lowest BCUT2D eigenvalue weighted by atomic mass is 9.95. The monoisotopic (exact) mass is 416 g/mol. The Labute approximate surface area is 168 Å². The highest BCUT2D eigenvalue weighted by atomic mass is 35.5. The molecule has 2 aromatic carbocycles. The number of hydrogen-bond donors (Lipinski definition) is 2. The van der Waals surface area contributed by atoms with E-state index in [0.29, 0.717) is 10.6 Å². The predicted molar refractivity (Wildman–Crippen MR) is 101 cm³/mol. The Morgan fingerprint density at radius 2 is 1.66 bits per heavy atom. The van der Waals surface area contributed by atoms with Crippen molar-refractivity contribution >= 4 is 40.7 Å². The second-order valence-corrected chi connectivity index (χ2v) is 6.61. The first kappa shape index (κ1) is 20.0. The van der Waals surface area contributed by atoms with E-state index >= 15 is 0 Å². The van der Waals surface area contributed by atoms with Crippen LogP contribution in [-0.2, 0) is 14.4 Å². The molecule has 1 saturated heterocycles. The molecule has 0 spiro atoms. The highest BCUT2D eigenvalue weighted by Crippen LogP contribution is 2.39. The lowest BCUT2D eigenvalue weighted by Crippen LogP contribution is -2.34. The number of halogens is 1. The van der Waals surface area contributed by atoms with Crippen LogP contribution >= 0.6 is 11.6 Å². The van der Waals surface area contributed by atoms with Crippen molar-refractivity contribution in [3.63, 3.8) is 0 Å². The van der Waals surface area contributed by atoms with E-state index in [-0.39, 0.29) is 16.8 Å². The third kappa shape index (κ3) is 3.81. The minimum atomic E-state index is -1.33. The van der Waals surface area contributed by atoms with E-state index in [1.807, 2.05) is 0 Å². The molecule has 1 amide bonds. The molecule has 0 bridgehead atoms. The van der Waals surface area contributed by atoms with Crippen molar-refractivity contribution in [2.24, 2.45) is 0 Å². The number of carboxylic acids is 1. The second-order valence-electron chi connectivity index (χ2n) is 6.18. The van der Waals surface area contributed by atoms with Crippen LogP contribution in [0.3, 0.4) is 0 Å². The van der Waals surface area contributed by atoms with Gasteiger partial charge in [-0.3, -0.25) is 24.5 Å². The highest BCUT2D eigenvalue weighted by molar-refractivity contribution is 6.46. The quantitative estimate of drug-likeness (QED) is 0.251. The predicted octanol–water partition coefficient (Wildman–Crippen LogP) is 2.75. The first-order valence-corrected chi connectivity index (χ1v) is 8.59. The molecule has 1 fully saturated rings. The van der Waals surface area contributed by atoms with E-state index in [0.717, 1.165) is 17.0 Å². The number of hydrogen-bond acceptors (Lipinski definition) is 6. The smallest absolute Gasteiger partial charge is 0.323 e. The van der Waals surface area contributed by atoms with Crippen molar-refractivity contribution in [1.29, 1.82) is 0 Å². The third-order valence-electron chi connectivity index (χ3n) is 4.38. The Hall–Kier alpha value is -3.72. The molecule has 148 valence electrons. The van der Waals surface area contributed by atoms with E-state index in [9.17, 15) is 29.6 Å². The number of carbonyl (C=O) groups is 3. The largest absolute Gasteiger partial charge is 0.507 e. The number of benzene rings is 2. The van der Waals surface area contributed by atoms with Gasteiger partial charge in [-0.1, -0.05) is 23.7 Å². The van der Waals surface area contributed by atoms with Gasteiger partial charge in [0.25, 0.3) is 17.4 Å². The fraction of sp³-hybridized carbons (Fsp3) is 0.105. The minimum Gasteiger partial charge on any atom is -0.507 e. The number of ketones is 1. The van der Waals surface area contributed by atoms with E-state index < -0.39 is 40.9 Å². The summed E-state index contributed by atoms with van der Waals surface area (Å²) in [4.78, 5) is 47.3. The number of aliphatic carboxylic acids is 1. The molecule has 0 saturated carbocycles. The summed E-state index contributed by atoms with van der Waals surface area (Å²) in [5, 5.41) is 31.0. The summed E-state index contributed by atoms with van der Waals surface area (Å²) < 4.78 is 0. The van der Waals surface area contributed by atoms with Gasteiger partial charge in [0.15, 0.2) is 0 Å². The maximum Gasteiger partial charge on any atom is 0.323 e. The molecule has 2 aromatic rings. The molecule has 1 heterocycles. The Balaban J connectivity index is 2.16. The van der Waals surface area contributed by atoms with E-state index in [2.05, 4.69) is 0 Å². The summed E-state index contributed by atoms with van der Waals surface area (Å²) in [6.45, 7) is -0.755. The SMILES string of the molecule is O=C(O)CN1C(=O)C(=O)C(=C(O)c2ccc([N+](=O)[O-])cc2)[C@H]1c1ccc(Cl)cc1. The van der Waals surface area contributed by atoms with Crippen LogP contribution in [0.1, 0.15) is 17.2 Å². The van der Waals surface area contributed by atoms with Crippen LogP contribution in [0.25, 0.3) is 5.76 Å². The summed E-state index contributed by atoms with van der Waals surface area (Å²) in [6, 6.07) is 9.62. The van der Waals surface area contributed by atoms with Gasteiger partial charge in [-0.05, 0) is 29.8 Å². The van der Waals surface area contributed by atoms with Crippen LogP contribution in [-0.4, -0.2) is 44.2 Å². The van der Waals surface area contributed by atoms with Gasteiger partial charge >= 0.3 is 5.97 Å². The van der Waals surface area contributed by atoms with Crippen molar-refractivity contribution in [1.82, 2.24) is 4.90 Å². The topological polar surface area (TPSA) is 138 Å². The number of carboxylic acid groups (broad SMARTS) is 1. The molecule has 1 aliphatic rings. The normalized spacial score (nSPS) is 18.1. The number of amides is 1. The van der Waals surface area contributed by atoms with Crippen LogP contribution in [0.15, 0.2) is 54.1 Å². The Morgan fingerprint density at radius 3 is 2.17 bits per heavy atom. The van der Waals surface area contributed by atoms with Gasteiger partial charge in [-0.2, -0.15) is 0 Å². The van der Waals surface area contributed by atoms with Crippen LogP contribution in [0, 0.1) is 10.1 Å². The average Bonchev–Trinajstić information content (AvgIpc) is 2.92. The number of nitrogens with zero attached hydrogens (tertiary/aromatic N) is 2. The maximum atomic E-state index is 12.6. The highest BCUT2D eigenvalue weighted by Gasteiger charge is 2.46. The summed E-state index contributed by atoms with van der Waals surface area (Å²) in [5.74, 6) is -4.02. The number of non-ortho nitro benzene ring substituents is 1. The number of nitro benzene ring substituents is 1. The van der Waals surface area contributed by atoms with Gasteiger partial charge in [0, 0.05) is 22.7 Å². The standard InChI is InChI=1S/C19H13ClN2O7/c20-12-5-1-10(2-6-12)16-15(18(26)19(27)21(16)9-14(23)24)17(25)11-3-7-13(8-4-11)22(28)29/h1-8,16,25H,9H2,(H,23,24)/t16-/m1/s1. The fourth-order valence-electron chi connectivity index (χ4n) is 3.08. The third-order valence-corrected chi connectivity index (χ3v) is 4.63. The number of rotatable bonds is 5. The van der Waals surface area contributed by atoms with Gasteiger partial charge < -0.3 is 15.1 Å². The Kier molecular flexibility index (Phi) is 5.33. The first-order valence-electron chi connectivity index (χ1n) is 8.21. The molecular formula is C19H13ClN2O7. The minimum absolute atomic E-state index is 0.0721. The molecule has 3 rings (SSSR count). The van der Waals surface area contributed by atoms with Crippen molar-refractivity contribution in [3.05, 3.63) is 80.4 Å². The van der Waals surface area contributed by atoms with Gasteiger partial charge in [-0.25, -0.2) is 0 Å². The first-order chi connectivity index (χ1) is 13.7. The molecule has 0 aromatic heterocycles. The molecule has 9 nitrogen and oxygen atoms in total. The van der Waals surface area contributed by atoms with Crippen molar-refractivity contribution in [2.45, 2.75) is 6.04 Å². The lowest BCUT2D eigenvalue weighted by molar-refractivity contribution is -0.384. The number of aliphatic hydroxyl groups is 1. The number of Topliss-reactive ketones (excluding diaryl/α,β-unsaturated/α-hetero) is 1. The van der Waals surface area contributed by atoms with Gasteiger partial charge in [-0.15, -0.1) is 0 Å². The summed E-state index contributed by atoms with van der Waals surface area (Å²) in [6.07, 6.45) is 0. The number of aliphatic hydroxyl groups excluding tert-OH is 1. The number of carbonyl (C=O) groups excluding carboxylic acids is 2. The molecule has 0 aliphatic carbocycles. The molecule has 1 atom stereocenters. The summed E-state index contributed by atoms with van der Waals surface area (Å²) >= 11 is 5.87. The Bertz CT molecular complexity index is 1050. The zero-order valence-corrected chi connectivity index (χ0v) is 15.4. The zero-order valence-electron chi connectivity index (χ0n) is 14.6. The molecule has 0 radical (unpaired) electrons. The van der Waals surface area contributed by atoms with Crippen molar-refractivity contribution in [2.75, 3.05) is 6.54 Å². The van der Waals surface area contributed by atoms with Crippen LogP contribution in [0.4, 0.5) is 5.69 Å². The van der Waals surface area contributed by atoms with E-state index in [1.165, 1.54) is 36.4 Å². The molecule has 0 unspecified atom stereocenters. The van der Waals surface area contributed by atoms with Crippen molar-refractivity contribution < 1.29 is 29.5 Å². The van der Waals surface area contributed by atoms with Crippen LogP contribution in [0.2, 0.25) is 5.02 Å². The maximum absolute atomic E-state index is 12.6. The van der Waals surface area contributed by atoms with Gasteiger partial charge in [0.1, 0.15) is 12.3 Å².